The molecule has 5 nitrogen and oxygen atoms in total. The summed E-state index contributed by atoms with van der Waals surface area (Å²) in [5, 5.41) is 4.66. The monoisotopic (exact) mass is 491 g/mol. The summed E-state index contributed by atoms with van der Waals surface area (Å²) in [6, 6.07) is 6.27. The second-order valence-electron chi connectivity index (χ2n) is 12.3. The van der Waals surface area contributed by atoms with Crippen molar-refractivity contribution in [3.05, 3.63) is 51.9 Å². The fourth-order valence-electron chi connectivity index (χ4n) is 6.89. The number of hydrogen-bond donors (Lipinski definition) is 0. The van der Waals surface area contributed by atoms with Crippen molar-refractivity contribution in [1.29, 1.82) is 0 Å². The van der Waals surface area contributed by atoms with Crippen molar-refractivity contribution in [2.24, 2.45) is 23.7 Å². The maximum atomic E-state index is 13.7. The zero-order chi connectivity index (χ0) is 25.6. The number of aromatic nitrogens is 1. The topological polar surface area (TPSA) is 69.4 Å². The number of methoxy groups -OCH3 is 1. The summed E-state index contributed by atoms with van der Waals surface area (Å²) in [5.74, 6) is 2.94. The van der Waals surface area contributed by atoms with Crippen molar-refractivity contribution in [3.63, 3.8) is 0 Å². The normalized spacial score (nSPS) is 27.8. The highest BCUT2D eigenvalue weighted by Crippen LogP contribution is 2.55. The van der Waals surface area contributed by atoms with Crippen LogP contribution in [0.5, 0.6) is 0 Å². The Hall–Kier alpha value is -2.43. The Morgan fingerprint density at radius 3 is 2.47 bits per heavy atom. The van der Waals surface area contributed by atoms with Crippen molar-refractivity contribution in [2.45, 2.75) is 96.8 Å². The van der Waals surface area contributed by atoms with Gasteiger partial charge in [-0.3, -0.25) is 9.59 Å². The molecule has 2 aromatic rings. The zero-order valence-electron chi connectivity index (χ0n) is 22.5. The number of nitrogens with zero attached hydrogens (tertiary/aromatic N) is 1. The molecular weight excluding hydrogens is 450 g/mol. The molecule has 194 valence electrons. The number of carbonyl (C=O) groups excluding carboxylic acids is 2. The van der Waals surface area contributed by atoms with Crippen LogP contribution in [0.4, 0.5) is 0 Å². The SMILES string of the molecule is COC(=O)[C@H]1CC(c2noc(C3CC(CC(C)C)C3)c2C2CC2)[C@@H](C(=O)Cc2ccc(C)cc2C)C1. The van der Waals surface area contributed by atoms with Crippen LogP contribution in [0.15, 0.2) is 22.7 Å². The summed E-state index contributed by atoms with van der Waals surface area (Å²) in [5.41, 5.74) is 5.66. The van der Waals surface area contributed by atoms with Gasteiger partial charge in [-0.2, -0.15) is 0 Å². The Balaban J connectivity index is 1.41. The number of ketones is 1. The molecule has 36 heavy (non-hydrogen) atoms. The van der Waals surface area contributed by atoms with E-state index in [1.54, 1.807) is 0 Å². The molecule has 1 heterocycles. The molecule has 0 N–H and O–H groups in total. The summed E-state index contributed by atoms with van der Waals surface area (Å²) in [6.45, 7) is 8.73. The molecule has 0 aliphatic heterocycles. The van der Waals surface area contributed by atoms with E-state index >= 15 is 0 Å². The predicted octanol–water partition coefficient (Wildman–Crippen LogP) is 6.80. The third-order valence-corrected chi connectivity index (χ3v) is 8.91. The first-order chi connectivity index (χ1) is 17.2. The molecule has 0 bridgehead atoms. The fourth-order valence-corrected chi connectivity index (χ4v) is 6.89. The second kappa shape index (κ2) is 10.1. The minimum absolute atomic E-state index is 0.0769. The van der Waals surface area contributed by atoms with Gasteiger partial charge in [-0.05, 0) is 87.7 Å². The number of carbonyl (C=O) groups is 2. The summed E-state index contributed by atoms with van der Waals surface area (Å²) in [4.78, 5) is 26.3. The quantitative estimate of drug-likeness (QED) is 0.361. The van der Waals surface area contributed by atoms with Gasteiger partial charge in [-0.25, -0.2) is 0 Å². The van der Waals surface area contributed by atoms with E-state index in [0.717, 1.165) is 47.3 Å². The lowest BCUT2D eigenvalue weighted by Gasteiger charge is -2.35. The minimum Gasteiger partial charge on any atom is -0.469 e. The average Bonchev–Trinajstić information content (AvgIpc) is 3.40. The Labute approximate surface area is 215 Å². The van der Waals surface area contributed by atoms with Crippen LogP contribution in [0.1, 0.15) is 110 Å². The number of ether oxygens (including phenoxy) is 1. The van der Waals surface area contributed by atoms with E-state index in [9.17, 15) is 9.59 Å². The molecule has 3 atom stereocenters. The number of rotatable bonds is 9. The predicted molar refractivity (Wildman–Crippen MR) is 139 cm³/mol. The lowest BCUT2D eigenvalue weighted by atomic mass is 9.69. The summed E-state index contributed by atoms with van der Waals surface area (Å²) in [7, 11) is 1.44. The van der Waals surface area contributed by atoms with E-state index in [-0.39, 0.29) is 29.5 Å². The molecule has 1 unspecified atom stereocenters. The number of Topliss-reactive ketones (excluding diaryl/α,β-unsaturated/α-hetero) is 1. The molecular formula is C31H41NO4. The molecule has 0 spiro atoms. The van der Waals surface area contributed by atoms with Gasteiger partial charge in [0.1, 0.15) is 11.5 Å². The molecule has 0 amide bonds. The Morgan fingerprint density at radius 1 is 1.08 bits per heavy atom. The van der Waals surface area contributed by atoms with E-state index in [2.05, 4.69) is 51.1 Å². The van der Waals surface area contributed by atoms with E-state index in [1.807, 2.05) is 0 Å². The maximum Gasteiger partial charge on any atom is 0.308 e. The number of aryl methyl sites for hydroxylation is 2. The van der Waals surface area contributed by atoms with Crippen molar-refractivity contribution in [1.82, 2.24) is 5.16 Å². The second-order valence-corrected chi connectivity index (χ2v) is 12.3. The van der Waals surface area contributed by atoms with Gasteiger partial charge in [0, 0.05) is 29.7 Å². The van der Waals surface area contributed by atoms with Crippen LogP contribution in [0.2, 0.25) is 0 Å². The number of benzene rings is 1. The highest BCUT2D eigenvalue weighted by Gasteiger charge is 2.48. The molecule has 5 rings (SSSR count). The van der Waals surface area contributed by atoms with Gasteiger partial charge >= 0.3 is 5.97 Å². The Morgan fingerprint density at radius 2 is 1.83 bits per heavy atom. The van der Waals surface area contributed by atoms with Gasteiger partial charge in [-0.15, -0.1) is 0 Å². The van der Waals surface area contributed by atoms with Gasteiger partial charge in [0.2, 0.25) is 0 Å². The molecule has 3 aliphatic rings. The summed E-state index contributed by atoms with van der Waals surface area (Å²) < 4.78 is 11.2. The number of esters is 1. The first kappa shape index (κ1) is 25.2. The van der Waals surface area contributed by atoms with Gasteiger partial charge in [0.05, 0.1) is 18.7 Å². The number of hydrogen-bond acceptors (Lipinski definition) is 5. The minimum atomic E-state index is -0.264. The third-order valence-electron chi connectivity index (χ3n) is 8.91. The average molecular weight is 492 g/mol. The highest BCUT2D eigenvalue weighted by molar-refractivity contribution is 5.86. The van der Waals surface area contributed by atoms with Crippen LogP contribution in [0.25, 0.3) is 0 Å². The molecule has 1 aromatic heterocycles. The molecule has 0 saturated heterocycles. The van der Waals surface area contributed by atoms with Crippen molar-refractivity contribution >= 4 is 11.8 Å². The smallest absolute Gasteiger partial charge is 0.308 e. The van der Waals surface area contributed by atoms with Gasteiger partial charge in [0.25, 0.3) is 0 Å². The lowest BCUT2D eigenvalue weighted by Crippen LogP contribution is -2.24. The fraction of sp³-hybridized carbons (Fsp3) is 0.645. The molecule has 0 radical (unpaired) electrons. The maximum absolute atomic E-state index is 13.7. The molecule has 1 aromatic carbocycles. The molecule has 3 saturated carbocycles. The largest absolute Gasteiger partial charge is 0.469 e. The van der Waals surface area contributed by atoms with Gasteiger partial charge in [0.15, 0.2) is 0 Å². The lowest BCUT2D eigenvalue weighted by molar-refractivity contribution is -0.145. The van der Waals surface area contributed by atoms with Crippen molar-refractivity contribution in [2.75, 3.05) is 7.11 Å². The van der Waals surface area contributed by atoms with Crippen LogP contribution < -0.4 is 0 Å². The first-order valence-electron chi connectivity index (χ1n) is 13.9. The zero-order valence-corrected chi connectivity index (χ0v) is 22.5. The van der Waals surface area contributed by atoms with Gasteiger partial charge < -0.3 is 9.26 Å². The Kier molecular flexibility index (Phi) is 7.11. The molecule has 5 heteroatoms. The van der Waals surface area contributed by atoms with E-state index in [0.29, 0.717) is 31.1 Å². The van der Waals surface area contributed by atoms with Crippen LogP contribution in [-0.4, -0.2) is 24.0 Å². The van der Waals surface area contributed by atoms with Crippen molar-refractivity contribution in [3.8, 4) is 0 Å². The molecule has 3 fully saturated rings. The van der Waals surface area contributed by atoms with Crippen LogP contribution in [0.3, 0.4) is 0 Å². The van der Waals surface area contributed by atoms with Crippen molar-refractivity contribution < 1.29 is 18.8 Å². The Bertz CT molecular complexity index is 1120. The summed E-state index contributed by atoms with van der Waals surface area (Å²) in [6.07, 6.45) is 7.50. The van der Waals surface area contributed by atoms with E-state index < -0.39 is 0 Å². The standard InChI is InChI=1S/C31H41NO4/c1-17(2)10-20-12-23(13-20)30-28(21-8-9-21)29(32-36-30)26-15-24(31(34)35-5)14-25(26)27(33)16-22-7-6-18(3)11-19(22)4/h6-7,11,17,20-21,23-26H,8-10,12-16H2,1-5H3/t20?,23?,24-,25+,26?/m1/s1. The highest BCUT2D eigenvalue weighted by atomic mass is 16.5. The van der Waals surface area contributed by atoms with E-state index in [1.165, 1.54) is 37.5 Å². The molecule has 3 aliphatic carbocycles. The van der Waals surface area contributed by atoms with E-state index in [4.69, 9.17) is 9.26 Å². The first-order valence-corrected chi connectivity index (χ1v) is 13.9. The van der Waals surface area contributed by atoms with Gasteiger partial charge in [-0.1, -0.05) is 42.8 Å². The third kappa shape index (κ3) is 5.03. The van der Waals surface area contributed by atoms with Crippen LogP contribution in [0, 0.1) is 37.5 Å². The van der Waals surface area contributed by atoms with Crippen LogP contribution in [-0.2, 0) is 20.7 Å². The summed E-state index contributed by atoms with van der Waals surface area (Å²) >= 11 is 0. The van der Waals surface area contributed by atoms with Crippen LogP contribution >= 0.6 is 0 Å².